The van der Waals surface area contributed by atoms with E-state index in [0.717, 1.165) is 26.3 Å². The summed E-state index contributed by atoms with van der Waals surface area (Å²) >= 11 is 0. The summed E-state index contributed by atoms with van der Waals surface area (Å²) in [4.78, 5) is 2.59. The first-order valence-corrected chi connectivity index (χ1v) is 8.52. The first-order valence-electron chi connectivity index (χ1n) is 8.52. The SMILES string of the molecule is CCCNC(CN1CCCc2ccccc21)C1CCOC1. The Balaban J connectivity index is 1.70. The Morgan fingerprint density at radius 1 is 1.38 bits per heavy atom. The number of anilines is 1. The molecule has 0 spiro atoms. The van der Waals surface area contributed by atoms with E-state index in [1.165, 1.54) is 43.5 Å². The van der Waals surface area contributed by atoms with Gasteiger partial charge in [-0.2, -0.15) is 0 Å². The minimum absolute atomic E-state index is 0.554. The molecule has 3 rings (SSSR count). The number of hydrogen-bond donors (Lipinski definition) is 1. The lowest BCUT2D eigenvalue weighted by Crippen LogP contribution is -2.47. The Labute approximate surface area is 128 Å². The molecule has 3 nitrogen and oxygen atoms in total. The largest absolute Gasteiger partial charge is 0.381 e. The molecule has 1 fully saturated rings. The molecule has 0 aliphatic carbocycles. The normalized spacial score (nSPS) is 23.1. The molecule has 0 bridgehead atoms. The van der Waals surface area contributed by atoms with Crippen LogP contribution in [0.5, 0.6) is 0 Å². The topological polar surface area (TPSA) is 24.5 Å². The summed E-state index contributed by atoms with van der Waals surface area (Å²) in [6.45, 7) is 7.52. The highest BCUT2D eigenvalue weighted by molar-refractivity contribution is 5.55. The number of benzene rings is 1. The van der Waals surface area contributed by atoms with E-state index in [0.29, 0.717) is 12.0 Å². The highest BCUT2D eigenvalue weighted by Crippen LogP contribution is 2.28. The molecule has 0 saturated carbocycles. The zero-order valence-corrected chi connectivity index (χ0v) is 13.2. The van der Waals surface area contributed by atoms with E-state index >= 15 is 0 Å². The predicted molar refractivity (Wildman–Crippen MR) is 88.0 cm³/mol. The molecular weight excluding hydrogens is 260 g/mol. The summed E-state index contributed by atoms with van der Waals surface area (Å²) in [6, 6.07) is 9.47. The second-order valence-electron chi connectivity index (χ2n) is 6.36. The van der Waals surface area contributed by atoms with Crippen LogP contribution < -0.4 is 10.2 Å². The van der Waals surface area contributed by atoms with Gasteiger partial charge in [0.2, 0.25) is 0 Å². The lowest BCUT2D eigenvalue weighted by molar-refractivity contribution is 0.177. The number of ether oxygens (including phenoxy) is 1. The molecule has 1 saturated heterocycles. The molecule has 2 atom stereocenters. The van der Waals surface area contributed by atoms with Crippen LogP contribution in [-0.4, -0.2) is 38.9 Å². The van der Waals surface area contributed by atoms with E-state index < -0.39 is 0 Å². The van der Waals surface area contributed by atoms with Crippen molar-refractivity contribution in [3.05, 3.63) is 29.8 Å². The number of hydrogen-bond acceptors (Lipinski definition) is 3. The van der Waals surface area contributed by atoms with Gasteiger partial charge in [-0.15, -0.1) is 0 Å². The van der Waals surface area contributed by atoms with Crippen LogP contribution in [0.3, 0.4) is 0 Å². The molecule has 0 aromatic heterocycles. The van der Waals surface area contributed by atoms with Crippen molar-refractivity contribution in [2.24, 2.45) is 5.92 Å². The van der Waals surface area contributed by atoms with Crippen LogP contribution >= 0.6 is 0 Å². The molecular formula is C18H28N2O. The maximum absolute atomic E-state index is 5.62. The monoisotopic (exact) mass is 288 g/mol. The highest BCUT2D eigenvalue weighted by Gasteiger charge is 2.28. The average Bonchev–Trinajstić information content (AvgIpc) is 3.06. The van der Waals surface area contributed by atoms with Gasteiger partial charge in [0, 0.05) is 37.3 Å². The van der Waals surface area contributed by atoms with Gasteiger partial charge in [-0.25, -0.2) is 0 Å². The van der Waals surface area contributed by atoms with E-state index in [-0.39, 0.29) is 0 Å². The van der Waals surface area contributed by atoms with Gasteiger partial charge in [0.05, 0.1) is 6.61 Å². The molecule has 0 radical (unpaired) electrons. The summed E-state index contributed by atoms with van der Waals surface area (Å²) in [6.07, 6.45) is 4.91. The Morgan fingerprint density at radius 2 is 2.29 bits per heavy atom. The summed E-state index contributed by atoms with van der Waals surface area (Å²) in [5.74, 6) is 0.672. The van der Waals surface area contributed by atoms with Crippen LogP contribution in [0.1, 0.15) is 31.7 Å². The molecule has 1 aromatic rings. The van der Waals surface area contributed by atoms with Gasteiger partial charge in [0.25, 0.3) is 0 Å². The molecule has 1 N–H and O–H groups in total. The Bertz CT molecular complexity index is 443. The Morgan fingerprint density at radius 3 is 3.10 bits per heavy atom. The molecule has 2 aliphatic heterocycles. The molecule has 2 aliphatic rings. The van der Waals surface area contributed by atoms with Crippen LogP contribution in [0, 0.1) is 5.92 Å². The summed E-state index contributed by atoms with van der Waals surface area (Å²) in [5.41, 5.74) is 2.96. The van der Waals surface area contributed by atoms with Crippen molar-refractivity contribution in [1.82, 2.24) is 5.32 Å². The minimum Gasteiger partial charge on any atom is -0.381 e. The van der Waals surface area contributed by atoms with Crippen molar-refractivity contribution in [2.75, 3.05) is 37.7 Å². The van der Waals surface area contributed by atoms with Crippen LogP contribution in [0.15, 0.2) is 24.3 Å². The zero-order chi connectivity index (χ0) is 14.5. The second kappa shape index (κ2) is 7.28. The molecule has 21 heavy (non-hydrogen) atoms. The number of nitrogens with zero attached hydrogens (tertiary/aromatic N) is 1. The number of nitrogens with one attached hydrogen (secondary N) is 1. The molecule has 2 heterocycles. The summed E-state index contributed by atoms with van der Waals surface area (Å²) in [5, 5.41) is 3.77. The van der Waals surface area contributed by atoms with Crippen molar-refractivity contribution in [2.45, 2.75) is 38.6 Å². The third-order valence-corrected chi connectivity index (χ3v) is 4.81. The Hall–Kier alpha value is -1.06. The van der Waals surface area contributed by atoms with Crippen molar-refractivity contribution in [3.8, 4) is 0 Å². The first kappa shape index (κ1) is 14.9. The van der Waals surface area contributed by atoms with E-state index in [9.17, 15) is 0 Å². The van der Waals surface area contributed by atoms with Crippen molar-refractivity contribution in [1.29, 1.82) is 0 Å². The molecule has 1 aromatic carbocycles. The summed E-state index contributed by atoms with van der Waals surface area (Å²) in [7, 11) is 0. The number of aryl methyl sites for hydroxylation is 1. The molecule has 2 unspecified atom stereocenters. The predicted octanol–water partition coefficient (Wildman–Crippen LogP) is 2.84. The number of para-hydroxylation sites is 1. The van der Waals surface area contributed by atoms with Crippen LogP contribution in [-0.2, 0) is 11.2 Å². The van der Waals surface area contributed by atoms with E-state index in [1.807, 2.05) is 0 Å². The van der Waals surface area contributed by atoms with Gasteiger partial charge in [-0.1, -0.05) is 25.1 Å². The third-order valence-electron chi connectivity index (χ3n) is 4.81. The van der Waals surface area contributed by atoms with Gasteiger partial charge in [-0.3, -0.25) is 0 Å². The fourth-order valence-corrected chi connectivity index (χ4v) is 3.62. The molecule has 116 valence electrons. The lowest BCUT2D eigenvalue weighted by atomic mass is 9.95. The lowest BCUT2D eigenvalue weighted by Gasteiger charge is -2.36. The highest BCUT2D eigenvalue weighted by atomic mass is 16.5. The Kier molecular flexibility index (Phi) is 5.15. The smallest absolute Gasteiger partial charge is 0.0510 e. The zero-order valence-electron chi connectivity index (χ0n) is 13.2. The van der Waals surface area contributed by atoms with Gasteiger partial charge in [0.1, 0.15) is 0 Å². The van der Waals surface area contributed by atoms with E-state index in [2.05, 4.69) is 41.4 Å². The van der Waals surface area contributed by atoms with Crippen LogP contribution in [0.4, 0.5) is 5.69 Å². The fraction of sp³-hybridized carbons (Fsp3) is 0.667. The maximum Gasteiger partial charge on any atom is 0.0510 e. The van der Waals surface area contributed by atoms with Crippen molar-refractivity contribution < 1.29 is 4.74 Å². The fourth-order valence-electron chi connectivity index (χ4n) is 3.62. The first-order chi connectivity index (χ1) is 10.4. The molecule has 0 amide bonds. The standard InChI is InChI=1S/C18H28N2O/c1-2-10-19-17(16-9-12-21-14-16)13-20-11-5-7-15-6-3-4-8-18(15)20/h3-4,6,8,16-17,19H,2,5,7,9-14H2,1H3. The van der Waals surface area contributed by atoms with Crippen LogP contribution in [0.25, 0.3) is 0 Å². The molecule has 3 heteroatoms. The average molecular weight is 288 g/mol. The van der Waals surface area contributed by atoms with Crippen LogP contribution in [0.2, 0.25) is 0 Å². The minimum atomic E-state index is 0.554. The van der Waals surface area contributed by atoms with E-state index in [1.54, 1.807) is 0 Å². The maximum atomic E-state index is 5.62. The van der Waals surface area contributed by atoms with Crippen molar-refractivity contribution >= 4 is 5.69 Å². The van der Waals surface area contributed by atoms with Gasteiger partial charge in [0.15, 0.2) is 0 Å². The summed E-state index contributed by atoms with van der Waals surface area (Å²) < 4.78 is 5.62. The van der Waals surface area contributed by atoms with Crippen molar-refractivity contribution in [3.63, 3.8) is 0 Å². The van der Waals surface area contributed by atoms with E-state index in [4.69, 9.17) is 4.74 Å². The number of fused-ring (bicyclic) bond motifs is 1. The third kappa shape index (κ3) is 3.58. The number of rotatable bonds is 6. The van der Waals surface area contributed by atoms with Gasteiger partial charge < -0.3 is 15.0 Å². The quantitative estimate of drug-likeness (QED) is 0.871. The second-order valence-corrected chi connectivity index (χ2v) is 6.36. The van der Waals surface area contributed by atoms with Gasteiger partial charge in [-0.05, 0) is 43.9 Å². The van der Waals surface area contributed by atoms with Gasteiger partial charge >= 0.3 is 0 Å².